The van der Waals surface area contributed by atoms with Crippen molar-refractivity contribution in [2.45, 2.75) is 18.5 Å². The zero-order valence-electron chi connectivity index (χ0n) is 15.8. The van der Waals surface area contributed by atoms with E-state index >= 15 is 0 Å². The van der Waals surface area contributed by atoms with Crippen molar-refractivity contribution in [3.63, 3.8) is 0 Å². The van der Waals surface area contributed by atoms with E-state index in [0.717, 1.165) is 4.90 Å². The van der Waals surface area contributed by atoms with Crippen LogP contribution in [0.3, 0.4) is 0 Å². The summed E-state index contributed by atoms with van der Waals surface area (Å²) in [6.45, 7) is 1.51. The van der Waals surface area contributed by atoms with Gasteiger partial charge in [0.15, 0.2) is 0 Å². The van der Waals surface area contributed by atoms with Gasteiger partial charge in [0.1, 0.15) is 17.1 Å². The number of esters is 1. The van der Waals surface area contributed by atoms with Gasteiger partial charge in [0.05, 0.1) is 24.6 Å². The van der Waals surface area contributed by atoms with E-state index in [4.69, 9.17) is 4.74 Å². The van der Waals surface area contributed by atoms with Gasteiger partial charge < -0.3 is 9.84 Å². The summed E-state index contributed by atoms with van der Waals surface area (Å²) in [5, 5.41) is 12.7. The van der Waals surface area contributed by atoms with Crippen LogP contribution < -0.4 is 10.2 Å². The van der Waals surface area contributed by atoms with E-state index in [9.17, 15) is 23.9 Å². The van der Waals surface area contributed by atoms with E-state index in [0.29, 0.717) is 5.56 Å². The largest absolute Gasteiger partial charge is 0.508 e. The smallest absolute Gasteiger partial charge is 0.326 e. The van der Waals surface area contributed by atoms with E-state index < -0.39 is 47.0 Å². The molecule has 4 rings (SSSR count). The first-order chi connectivity index (χ1) is 13.8. The number of rotatable bonds is 3. The first-order valence-corrected chi connectivity index (χ1v) is 9.07. The highest BCUT2D eigenvalue weighted by atomic mass is 19.1. The lowest BCUT2D eigenvalue weighted by molar-refractivity contribution is -0.151. The second-order valence-electron chi connectivity index (χ2n) is 7.37. The third kappa shape index (κ3) is 2.71. The number of carbonyl (C=O) groups is 3. The molecule has 8 heteroatoms. The van der Waals surface area contributed by atoms with Crippen molar-refractivity contribution in [1.29, 1.82) is 0 Å². The fraction of sp³-hybridized carbons (Fsp3) is 0.286. The molecule has 0 aliphatic carbocycles. The van der Waals surface area contributed by atoms with E-state index in [1.807, 2.05) is 0 Å². The summed E-state index contributed by atoms with van der Waals surface area (Å²) in [7, 11) is 1.20. The lowest BCUT2D eigenvalue weighted by Crippen LogP contribution is -2.54. The van der Waals surface area contributed by atoms with E-state index in [1.165, 1.54) is 50.4 Å². The number of nitrogens with zero attached hydrogens (tertiary/aromatic N) is 1. The highest BCUT2D eigenvalue weighted by molar-refractivity contribution is 6.24. The van der Waals surface area contributed by atoms with Crippen molar-refractivity contribution in [3.05, 3.63) is 59.9 Å². The molecule has 2 saturated heterocycles. The third-order valence-electron chi connectivity index (χ3n) is 5.74. The van der Waals surface area contributed by atoms with Gasteiger partial charge in [0, 0.05) is 6.04 Å². The number of hydrogen-bond donors (Lipinski definition) is 2. The van der Waals surface area contributed by atoms with Gasteiger partial charge in [-0.2, -0.15) is 0 Å². The van der Waals surface area contributed by atoms with Crippen LogP contribution in [0.5, 0.6) is 5.75 Å². The molecule has 2 N–H and O–H groups in total. The summed E-state index contributed by atoms with van der Waals surface area (Å²) in [4.78, 5) is 40.0. The van der Waals surface area contributed by atoms with Crippen molar-refractivity contribution >= 4 is 23.5 Å². The van der Waals surface area contributed by atoms with Gasteiger partial charge in [-0.3, -0.25) is 19.7 Å². The van der Waals surface area contributed by atoms with E-state index in [2.05, 4.69) is 5.32 Å². The Morgan fingerprint density at radius 1 is 1.14 bits per heavy atom. The van der Waals surface area contributed by atoms with Crippen LogP contribution in [-0.2, 0) is 19.1 Å². The van der Waals surface area contributed by atoms with Gasteiger partial charge in [0.25, 0.3) is 0 Å². The number of anilines is 1. The molecular formula is C21H19FN2O5. The molecule has 7 nitrogen and oxygen atoms in total. The maximum absolute atomic E-state index is 14.4. The average molecular weight is 398 g/mol. The van der Waals surface area contributed by atoms with Crippen molar-refractivity contribution in [2.75, 3.05) is 12.0 Å². The Labute approximate surface area is 166 Å². The van der Waals surface area contributed by atoms with Gasteiger partial charge in [-0.25, -0.2) is 9.29 Å². The molecule has 0 bridgehead atoms. The van der Waals surface area contributed by atoms with E-state index in [1.54, 1.807) is 12.1 Å². The molecule has 0 spiro atoms. The number of para-hydroxylation sites is 1. The van der Waals surface area contributed by atoms with Crippen LogP contribution in [0, 0.1) is 17.7 Å². The zero-order chi connectivity index (χ0) is 20.9. The molecule has 4 atom stereocenters. The summed E-state index contributed by atoms with van der Waals surface area (Å²) in [6.07, 6.45) is 0. The number of benzene rings is 2. The SMILES string of the molecule is COC(=O)[C@]1(C)N[C@@H](c2ccc(O)cc2)[C@H]2C(=O)N(c3ccccc3F)C(=O)[C@H]21. The Morgan fingerprint density at radius 2 is 1.79 bits per heavy atom. The van der Waals surface area contributed by atoms with Crippen LogP contribution in [0.25, 0.3) is 0 Å². The summed E-state index contributed by atoms with van der Waals surface area (Å²) >= 11 is 0. The number of hydrogen-bond acceptors (Lipinski definition) is 6. The first-order valence-electron chi connectivity index (χ1n) is 9.07. The second-order valence-corrected chi connectivity index (χ2v) is 7.37. The Balaban J connectivity index is 1.84. The lowest BCUT2D eigenvalue weighted by Gasteiger charge is -2.28. The van der Waals surface area contributed by atoms with Crippen LogP contribution in [0.2, 0.25) is 0 Å². The van der Waals surface area contributed by atoms with Crippen LogP contribution in [-0.4, -0.2) is 35.5 Å². The number of imide groups is 1. The summed E-state index contributed by atoms with van der Waals surface area (Å²) in [5.74, 6) is -4.61. The fourth-order valence-electron chi connectivity index (χ4n) is 4.38. The maximum atomic E-state index is 14.4. The normalized spacial score (nSPS) is 28.5. The summed E-state index contributed by atoms with van der Waals surface area (Å²) in [6, 6.07) is 10.9. The Kier molecular flexibility index (Phi) is 4.38. The van der Waals surface area contributed by atoms with Crippen molar-refractivity contribution in [3.8, 4) is 5.75 Å². The van der Waals surface area contributed by atoms with Crippen LogP contribution >= 0.6 is 0 Å². The molecule has 150 valence electrons. The van der Waals surface area contributed by atoms with Gasteiger partial charge in [0.2, 0.25) is 11.8 Å². The Morgan fingerprint density at radius 3 is 2.41 bits per heavy atom. The molecular weight excluding hydrogens is 379 g/mol. The topological polar surface area (TPSA) is 95.9 Å². The molecule has 2 heterocycles. The van der Waals surface area contributed by atoms with Crippen LogP contribution in [0.4, 0.5) is 10.1 Å². The maximum Gasteiger partial charge on any atom is 0.326 e. The Bertz CT molecular complexity index is 1010. The molecule has 2 aromatic rings. The molecule has 0 unspecified atom stereocenters. The van der Waals surface area contributed by atoms with Crippen molar-refractivity contribution in [1.82, 2.24) is 5.32 Å². The third-order valence-corrected chi connectivity index (χ3v) is 5.74. The molecule has 0 saturated carbocycles. The summed E-state index contributed by atoms with van der Waals surface area (Å²) in [5.41, 5.74) is -1.01. The minimum atomic E-state index is -1.48. The Hall–Kier alpha value is -3.26. The van der Waals surface area contributed by atoms with Crippen LogP contribution in [0.15, 0.2) is 48.5 Å². The lowest BCUT2D eigenvalue weighted by atomic mass is 9.80. The minimum absolute atomic E-state index is 0.0424. The zero-order valence-corrected chi connectivity index (χ0v) is 15.8. The van der Waals surface area contributed by atoms with Gasteiger partial charge in [-0.15, -0.1) is 0 Å². The second kappa shape index (κ2) is 6.66. The van der Waals surface area contributed by atoms with Gasteiger partial charge in [-0.1, -0.05) is 24.3 Å². The molecule has 0 aromatic heterocycles. The molecule has 2 amide bonds. The molecule has 2 aliphatic rings. The number of phenolic OH excluding ortho intramolecular Hbond substituents is 1. The highest BCUT2D eigenvalue weighted by Gasteiger charge is 2.67. The molecule has 2 aromatic carbocycles. The predicted molar refractivity (Wildman–Crippen MR) is 100 cm³/mol. The molecule has 0 radical (unpaired) electrons. The molecule has 29 heavy (non-hydrogen) atoms. The average Bonchev–Trinajstić information content (AvgIpc) is 3.17. The minimum Gasteiger partial charge on any atom is -0.508 e. The number of carbonyl (C=O) groups excluding carboxylic acids is 3. The predicted octanol–water partition coefficient (Wildman–Crippen LogP) is 1.91. The number of ether oxygens (including phenoxy) is 1. The first kappa shape index (κ1) is 19.1. The number of nitrogens with one attached hydrogen (secondary N) is 1. The number of aromatic hydroxyl groups is 1. The van der Waals surface area contributed by atoms with Gasteiger partial charge in [-0.05, 0) is 36.8 Å². The molecule has 2 aliphatic heterocycles. The number of halogens is 1. The number of methoxy groups -OCH3 is 1. The van der Waals surface area contributed by atoms with Gasteiger partial charge >= 0.3 is 5.97 Å². The highest BCUT2D eigenvalue weighted by Crippen LogP contribution is 2.50. The quantitative estimate of drug-likeness (QED) is 0.606. The van der Waals surface area contributed by atoms with Crippen molar-refractivity contribution in [2.24, 2.45) is 11.8 Å². The fourth-order valence-corrected chi connectivity index (χ4v) is 4.38. The summed E-state index contributed by atoms with van der Waals surface area (Å²) < 4.78 is 19.3. The van der Waals surface area contributed by atoms with Crippen LogP contribution in [0.1, 0.15) is 18.5 Å². The van der Waals surface area contributed by atoms with E-state index in [-0.39, 0.29) is 11.4 Å². The number of amides is 2. The van der Waals surface area contributed by atoms with Crippen molar-refractivity contribution < 1.29 is 28.6 Å². The molecule has 2 fully saturated rings. The number of fused-ring (bicyclic) bond motifs is 1. The number of phenols is 1. The standard InChI is InChI=1S/C21H19FN2O5/c1-21(20(28)29-2)16-15(17(23-21)11-7-9-12(25)10-8-11)18(26)24(19(16)27)14-6-4-3-5-13(14)22/h3-10,15-17,23,25H,1-2H3/t15-,16-,17-,21+/m0/s1. The monoisotopic (exact) mass is 398 g/mol.